The van der Waals surface area contributed by atoms with Crippen LogP contribution in [0.25, 0.3) is 11.4 Å². The van der Waals surface area contributed by atoms with Gasteiger partial charge >= 0.3 is 0 Å². The highest BCUT2D eigenvalue weighted by Gasteiger charge is 2.10. The maximum atomic E-state index is 11.9. The molecule has 6 nitrogen and oxygen atoms in total. The summed E-state index contributed by atoms with van der Waals surface area (Å²) in [5, 5.41) is 6.47. The van der Waals surface area contributed by atoms with Crippen molar-refractivity contribution in [3.05, 3.63) is 60.3 Å². The molecule has 0 aliphatic rings. The molecule has 0 radical (unpaired) electrons. The lowest BCUT2D eigenvalue weighted by Gasteiger charge is -2.05. The van der Waals surface area contributed by atoms with Crippen molar-refractivity contribution in [3.8, 4) is 17.1 Å². The molecule has 1 aromatic carbocycles. The molecule has 0 atom stereocenters. The Hall–Kier alpha value is -3.15. The van der Waals surface area contributed by atoms with Gasteiger partial charge in [-0.15, -0.1) is 0 Å². The van der Waals surface area contributed by atoms with Crippen LogP contribution in [0.15, 0.2) is 59.3 Å². The molecular weight excluding hydrogens is 294 g/mol. The van der Waals surface area contributed by atoms with Crippen LogP contribution in [0.1, 0.15) is 5.56 Å². The van der Waals surface area contributed by atoms with Gasteiger partial charge < -0.3 is 9.26 Å². The van der Waals surface area contributed by atoms with Crippen molar-refractivity contribution in [1.29, 1.82) is 0 Å². The van der Waals surface area contributed by atoms with Crippen molar-refractivity contribution in [2.75, 3.05) is 11.9 Å². The van der Waals surface area contributed by atoms with E-state index in [1.807, 2.05) is 49.4 Å². The number of amides is 1. The van der Waals surface area contributed by atoms with Gasteiger partial charge in [-0.25, -0.2) is 0 Å². The number of anilines is 1. The molecule has 0 aliphatic carbocycles. The summed E-state index contributed by atoms with van der Waals surface area (Å²) in [6, 6.07) is 14.6. The van der Waals surface area contributed by atoms with E-state index in [1.165, 1.54) is 0 Å². The summed E-state index contributed by atoms with van der Waals surface area (Å²) in [5.41, 5.74) is 2.36. The van der Waals surface area contributed by atoms with E-state index in [2.05, 4.69) is 15.5 Å². The summed E-state index contributed by atoms with van der Waals surface area (Å²) in [6.07, 6.45) is 1.66. The van der Waals surface area contributed by atoms with Crippen LogP contribution in [0, 0.1) is 6.92 Å². The molecule has 116 valence electrons. The van der Waals surface area contributed by atoms with Gasteiger partial charge in [-0.1, -0.05) is 28.9 Å². The summed E-state index contributed by atoms with van der Waals surface area (Å²) in [7, 11) is 0. The minimum Gasteiger partial charge on any atom is -0.484 e. The van der Waals surface area contributed by atoms with Gasteiger partial charge in [-0.05, 0) is 31.2 Å². The number of aryl methyl sites for hydroxylation is 1. The number of nitrogens with one attached hydrogen (secondary N) is 1. The molecule has 2 heterocycles. The standard InChI is InChI=1S/C17H15N3O3/c1-12-5-7-13(8-6-12)22-11-16(21)19-17-10-15(20-23-17)14-4-2-3-9-18-14/h2-10H,11H2,1H3,(H,19,21). The summed E-state index contributed by atoms with van der Waals surface area (Å²) < 4.78 is 10.5. The fraction of sp³-hybridized carbons (Fsp3) is 0.118. The second kappa shape index (κ2) is 6.74. The van der Waals surface area contributed by atoms with E-state index >= 15 is 0 Å². The topological polar surface area (TPSA) is 77.2 Å². The smallest absolute Gasteiger partial charge is 0.264 e. The molecule has 0 unspecified atom stereocenters. The summed E-state index contributed by atoms with van der Waals surface area (Å²) >= 11 is 0. The zero-order valence-corrected chi connectivity index (χ0v) is 12.5. The van der Waals surface area contributed by atoms with E-state index in [9.17, 15) is 4.79 Å². The van der Waals surface area contributed by atoms with Crippen molar-refractivity contribution in [2.45, 2.75) is 6.92 Å². The predicted octanol–water partition coefficient (Wildman–Crippen LogP) is 3.06. The normalized spacial score (nSPS) is 10.3. The third-order valence-electron chi connectivity index (χ3n) is 3.09. The molecule has 1 N–H and O–H groups in total. The van der Waals surface area contributed by atoms with Crippen molar-refractivity contribution >= 4 is 11.8 Å². The lowest BCUT2D eigenvalue weighted by Crippen LogP contribution is -2.19. The number of aromatic nitrogens is 2. The maximum absolute atomic E-state index is 11.9. The van der Waals surface area contributed by atoms with E-state index in [4.69, 9.17) is 9.26 Å². The minimum atomic E-state index is -0.325. The Bertz CT molecular complexity index is 782. The van der Waals surface area contributed by atoms with Gasteiger partial charge in [0.25, 0.3) is 5.91 Å². The number of hydrogen-bond donors (Lipinski definition) is 1. The molecule has 0 fully saturated rings. The average Bonchev–Trinajstić information content (AvgIpc) is 3.04. The molecular formula is C17H15N3O3. The number of nitrogens with zero attached hydrogens (tertiary/aromatic N) is 2. The third-order valence-corrected chi connectivity index (χ3v) is 3.09. The highest BCUT2D eigenvalue weighted by Crippen LogP contribution is 2.19. The second-order valence-electron chi connectivity index (χ2n) is 4.94. The Labute approximate surface area is 133 Å². The molecule has 0 saturated carbocycles. The SMILES string of the molecule is Cc1ccc(OCC(=O)Nc2cc(-c3ccccn3)no2)cc1. The Morgan fingerprint density at radius 2 is 2.00 bits per heavy atom. The molecule has 0 bridgehead atoms. The van der Waals surface area contributed by atoms with E-state index in [0.717, 1.165) is 5.56 Å². The Morgan fingerprint density at radius 3 is 2.74 bits per heavy atom. The Kier molecular flexibility index (Phi) is 4.33. The van der Waals surface area contributed by atoms with Crippen molar-refractivity contribution in [3.63, 3.8) is 0 Å². The van der Waals surface area contributed by atoms with Gasteiger partial charge in [-0.2, -0.15) is 0 Å². The van der Waals surface area contributed by atoms with Crippen LogP contribution >= 0.6 is 0 Å². The number of hydrogen-bond acceptors (Lipinski definition) is 5. The molecule has 1 amide bonds. The summed E-state index contributed by atoms with van der Waals surface area (Å²) in [4.78, 5) is 16.0. The molecule has 0 aliphatic heterocycles. The number of rotatable bonds is 5. The monoisotopic (exact) mass is 309 g/mol. The first kappa shape index (κ1) is 14.8. The van der Waals surface area contributed by atoms with E-state index in [0.29, 0.717) is 17.1 Å². The van der Waals surface area contributed by atoms with E-state index < -0.39 is 0 Å². The lowest BCUT2D eigenvalue weighted by atomic mass is 10.2. The number of pyridine rings is 1. The number of carbonyl (C=O) groups is 1. The van der Waals surface area contributed by atoms with Gasteiger partial charge in [0.1, 0.15) is 11.4 Å². The first-order chi connectivity index (χ1) is 11.2. The fourth-order valence-electron chi connectivity index (χ4n) is 1.93. The summed E-state index contributed by atoms with van der Waals surface area (Å²) in [6.45, 7) is 1.88. The van der Waals surface area contributed by atoms with Gasteiger partial charge in [-0.3, -0.25) is 15.1 Å². The van der Waals surface area contributed by atoms with Crippen LogP contribution in [-0.4, -0.2) is 22.7 Å². The summed E-state index contributed by atoms with van der Waals surface area (Å²) in [5.74, 6) is 0.565. The molecule has 0 spiro atoms. The van der Waals surface area contributed by atoms with Crippen LogP contribution in [0.2, 0.25) is 0 Å². The highest BCUT2D eigenvalue weighted by atomic mass is 16.5. The molecule has 0 saturated heterocycles. The van der Waals surface area contributed by atoms with Gasteiger partial charge in [0.05, 0.1) is 5.69 Å². The first-order valence-electron chi connectivity index (χ1n) is 7.08. The molecule has 6 heteroatoms. The van der Waals surface area contributed by atoms with E-state index in [1.54, 1.807) is 12.3 Å². The number of carbonyl (C=O) groups excluding carboxylic acids is 1. The van der Waals surface area contributed by atoms with Gasteiger partial charge in [0, 0.05) is 12.3 Å². The Balaban J connectivity index is 1.56. The van der Waals surface area contributed by atoms with Crippen LogP contribution in [0.5, 0.6) is 5.75 Å². The largest absolute Gasteiger partial charge is 0.484 e. The average molecular weight is 309 g/mol. The maximum Gasteiger partial charge on any atom is 0.264 e. The van der Waals surface area contributed by atoms with Gasteiger partial charge in [0.2, 0.25) is 5.88 Å². The molecule has 2 aromatic heterocycles. The quantitative estimate of drug-likeness (QED) is 0.783. The first-order valence-corrected chi connectivity index (χ1v) is 7.08. The van der Waals surface area contributed by atoms with Crippen LogP contribution < -0.4 is 10.1 Å². The Morgan fingerprint density at radius 1 is 1.17 bits per heavy atom. The minimum absolute atomic E-state index is 0.108. The van der Waals surface area contributed by atoms with Crippen LogP contribution in [-0.2, 0) is 4.79 Å². The molecule has 23 heavy (non-hydrogen) atoms. The van der Waals surface area contributed by atoms with Crippen LogP contribution in [0.3, 0.4) is 0 Å². The zero-order chi connectivity index (χ0) is 16.1. The van der Waals surface area contributed by atoms with Crippen molar-refractivity contribution < 1.29 is 14.1 Å². The molecule has 3 aromatic rings. The molecule has 3 rings (SSSR count). The predicted molar refractivity (Wildman–Crippen MR) is 85.0 cm³/mol. The van der Waals surface area contributed by atoms with Crippen LogP contribution in [0.4, 0.5) is 5.88 Å². The zero-order valence-electron chi connectivity index (χ0n) is 12.5. The number of benzene rings is 1. The van der Waals surface area contributed by atoms with Gasteiger partial charge in [0.15, 0.2) is 6.61 Å². The van der Waals surface area contributed by atoms with Crippen molar-refractivity contribution in [2.24, 2.45) is 0 Å². The highest BCUT2D eigenvalue weighted by molar-refractivity contribution is 5.90. The fourth-order valence-corrected chi connectivity index (χ4v) is 1.93. The third kappa shape index (κ3) is 3.94. The van der Waals surface area contributed by atoms with Crippen molar-refractivity contribution in [1.82, 2.24) is 10.1 Å². The van der Waals surface area contributed by atoms with E-state index in [-0.39, 0.29) is 18.4 Å². The second-order valence-corrected chi connectivity index (χ2v) is 4.94. The lowest BCUT2D eigenvalue weighted by molar-refractivity contribution is -0.118. The number of ether oxygens (including phenoxy) is 1.